The maximum atomic E-state index is 10.8. The molecule has 1 N–H and O–H groups in total. The third-order valence-electron chi connectivity index (χ3n) is 2.45. The van der Waals surface area contributed by atoms with Crippen LogP contribution in [0.5, 0.6) is 0 Å². The van der Waals surface area contributed by atoms with Gasteiger partial charge in [-0.2, -0.15) is 0 Å². The van der Waals surface area contributed by atoms with Gasteiger partial charge in [0.05, 0.1) is 10.5 Å². The Morgan fingerprint density at radius 1 is 1.47 bits per heavy atom. The zero-order valence-electron chi connectivity index (χ0n) is 8.87. The molecule has 0 heterocycles. The van der Waals surface area contributed by atoms with E-state index in [1.54, 1.807) is 13.1 Å². The molecule has 0 unspecified atom stereocenters. The van der Waals surface area contributed by atoms with Crippen LogP contribution in [0, 0.1) is 10.1 Å². The molecule has 0 saturated carbocycles. The minimum absolute atomic E-state index is 0.0822. The van der Waals surface area contributed by atoms with E-state index in [0.29, 0.717) is 10.6 Å². The van der Waals surface area contributed by atoms with Crippen LogP contribution < -0.4 is 5.32 Å². The van der Waals surface area contributed by atoms with Gasteiger partial charge in [-0.3, -0.25) is 10.1 Å². The fourth-order valence-corrected chi connectivity index (χ4v) is 1.47. The van der Waals surface area contributed by atoms with Gasteiger partial charge in [0.15, 0.2) is 0 Å². The van der Waals surface area contributed by atoms with Crippen molar-refractivity contribution in [2.24, 2.45) is 0 Å². The van der Waals surface area contributed by atoms with Crippen molar-refractivity contribution in [2.75, 3.05) is 7.05 Å². The molecular formula is C10H13ClN2O2. The Kier molecular flexibility index (Phi) is 3.31. The molecule has 4 nitrogen and oxygen atoms in total. The Morgan fingerprint density at radius 3 is 2.53 bits per heavy atom. The van der Waals surface area contributed by atoms with Crippen LogP contribution in [-0.4, -0.2) is 12.0 Å². The van der Waals surface area contributed by atoms with Gasteiger partial charge in [0, 0.05) is 16.6 Å². The highest BCUT2D eigenvalue weighted by Gasteiger charge is 2.27. The quantitative estimate of drug-likeness (QED) is 0.639. The molecule has 15 heavy (non-hydrogen) atoms. The highest BCUT2D eigenvalue weighted by Crippen LogP contribution is 2.31. The van der Waals surface area contributed by atoms with E-state index in [4.69, 9.17) is 11.6 Å². The number of nitrogens with one attached hydrogen (secondary N) is 1. The second-order valence-electron chi connectivity index (χ2n) is 3.79. The summed E-state index contributed by atoms with van der Waals surface area (Å²) in [6, 6.07) is 4.57. The maximum Gasteiger partial charge on any atom is 0.274 e. The molecule has 1 rings (SSSR count). The van der Waals surface area contributed by atoms with Crippen molar-refractivity contribution < 1.29 is 4.92 Å². The normalized spacial score (nSPS) is 11.5. The Bertz CT molecular complexity index is 391. The standard InChI is InChI=1S/C10H13ClN2O2/c1-10(2,12-3)8-6-7(11)4-5-9(8)13(14)15/h4-6,12H,1-3H3. The van der Waals surface area contributed by atoms with E-state index >= 15 is 0 Å². The SMILES string of the molecule is CNC(C)(C)c1cc(Cl)ccc1[N+](=O)[O-]. The number of nitro groups is 1. The van der Waals surface area contributed by atoms with E-state index in [1.807, 2.05) is 13.8 Å². The number of hydrogen-bond donors (Lipinski definition) is 1. The summed E-state index contributed by atoms with van der Waals surface area (Å²) >= 11 is 5.83. The summed E-state index contributed by atoms with van der Waals surface area (Å²) in [4.78, 5) is 10.4. The van der Waals surface area contributed by atoms with Gasteiger partial charge in [0.1, 0.15) is 0 Å². The lowest BCUT2D eigenvalue weighted by Gasteiger charge is -2.24. The summed E-state index contributed by atoms with van der Waals surface area (Å²) < 4.78 is 0. The van der Waals surface area contributed by atoms with Gasteiger partial charge in [-0.25, -0.2) is 0 Å². The lowest BCUT2D eigenvalue weighted by molar-refractivity contribution is -0.386. The molecule has 0 saturated heterocycles. The van der Waals surface area contributed by atoms with Gasteiger partial charge in [0.25, 0.3) is 5.69 Å². The monoisotopic (exact) mass is 228 g/mol. The van der Waals surface area contributed by atoms with E-state index < -0.39 is 10.5 Å². The lowest BCUT2D eigenvalue weighted by Crippen LogP contribution is -2.33. The zero-order valence-corrected chi connectivity index (χ0v) is 9.63. The number of nitrogens with zero attached hydrogens (tertiary/aromatic N) is 1. The van der Waals surface area contributed by atoms with Gasteiger partial charge in [-0.05, 0) is 33.0 Å². The third-order valence-corrected chi connectivity index (χ3v) is 2.69. The van der Waals surface area contributed by atoms with Crippen LogP contribution in [0.2, 0.25) is 5.02 Å². The molecule has 1 aromatic rings. The zero-order chi connectivity index (χ0) is 11.6. The lowest BCUT2D eigenvalue weighted by atomic mass is 9.93. The minimum Gasteiger partial charge on any atom is -0.311 e. The molecule has 5 heteroatoms. The van der Waals surface area contributed by atoms with E-state index in [1.165, 1.54) is 12.1 Å². The minimum atomic E-state index is -0.479. The Morgan fingerprint density at radius 2 is 2.07 bits per heavy atom. The molecular weight excluding hydrogens is 216 g/mol. The van der Waals surface area contributed by atoms with Crippen LogP contribution >= 0.6 is 11.6 Å². The summed E-state index contributed by atoms with van der Waals surface area (Å²) in [6.07, 6.45) is 0. The molecule has 0 aliphatic carbocycles. The molecule has 1 aromatic carbocycles. The smallest absolute Gasteiger partial charge is 0.274 e. The molecule has 0 aromatic heterocycles. The van der Waals surface area contributed by atoms with Crippen molar-refractivity contribution in [3.8, 4) is 0 Å². The molecule has 82 valence electrons. The first-order valence-corrected chi connectivity index (χ1v) is 4.89. The summed E-state index contributed by atoms with van der Waals surface area (Å²) in [5, 5.41) is 14.3. The number of hydrogen-bond acceptors (Lipinski definition) is 3. The summed E-state index contributed by atoms with van der Waals surface area (Å²) in [6.45, 7) is 3.73. The van der Waals surface area contributed by atoms with Crippen molar-refractivity contribution >= 4 is 17.3 Å². The maximum absolute atomic E-state index is 10.8. The van der Waals surface area contributed by atoms with Crippen molar-refractivity contribution in [1.29, 1.82) is 0 Å². The summed E-state index contributed by atoms with van der Waals surface area (Å²) in [5.41, 5.74) is 0.189. The second-order valence-corrected chi connectivity index (χ2v) is 4.23. The van der Waals surface area contributed by atoms with Gasteiger partial charge < -0.3 is 5.32 Å². The Labute approximate surface area is 93.4 Å². The van der Waals surface area contributed by atoms with Crippen LogP contribution in [0.4, 0.5) is 5.69 Å². The first-order valence-electron chi connectivity index (χ1n) is 4.52. The number of halogens is 1. The second kappa shape index (κ2) is 4.16. The fraction of sp³-hybridized carbons (Fsp3) is 0.400. The molecule has 0 radical (unpaired) electrons. The molecule has 0 aliphatic rings. The molecule has 0 spiro atoms. The molecule has 0 aliphatic heterocycles. The van der Waals surface area contributed by atoms with E-state index in [-0.39, 0.29) is 5.69 Å². The predicted molar refractivity (Wildman–Crippen MR) is 60.2 cm³/mol. The van der Waals surface area contributed by atoms with Crippen molar-refractivity contribution in [3.05, 3.63) is 38.9 Å². The molecule has 0 bridgehead atoms. The Balaban J connectivity index is 3.37. The topological polar surface area (TPSA) is 55.2 Å². The van der Waals surface area contributed by atoms with Gasteiger partial charge in [-0.15, -0.1) is 0 Å². The highest BCUT2D eigenvalue weighted by molar-refractivity contribution is 6.30. The van der Waals surface area contributed by atoms with Crippen LogP contribution in [0.1, 0.15) is 19.4 Å². The van der Waals surface area contributed by atoms with Crippen LogP contribution in [0.25, 0.3) is 0 Å². The van der Waals surface area contributed by atoms with Crippen molar-refractivity contribution in [3.63, 3.8) is 0 Å². The Hall–Kier alpha value is -1.13. The number of benzene rings is 1. The van der Waals surface area contributed by atoms with Gasteiger partial charge >= 0.3 is 0 Å². The third kappa shape index (κ3) is 2.46. The van der Waals surface area contributed by atoms with Gasteiger partial charge in [-0.1, -0.05) is 11.6 Å². The number of rotatable bonds is 3. The summed E-state index contributed by atoms with van der Waals surface area (Å²) in [7, 11) is 1.75. The van der Waals surface area contributed by atoms with Crippen molar-refractivity contribution in [1.82, 2.24) is 5.32 Å². The average molecular weight is 229 g/mol. The van der Waals surface area contributed by atoms with Crippen LogP contribution in [-0.2, 0) is 5.54 Å². The summed E-state index contributed by atoms with van der Waals surface area (Å²) in [5.74, 6) is 0. The largest absolute Gasteiger partial charge is 0.311 e. The first kappa shape index (κ1) is 11.9. The molecule has 0 fully saturated rings. The van der Waals surface area contributed by atoms with Crippen LogP contribution in [0.3, 0.4) is 0 Å². The first-order chi connectivity index (χ1) is 6.88. The van der Waals surface area contributed by atoms with E-state index in [9.17, 15) is 10.1 Å². The van der Waals surface area contributed by atoms with Crippen molar-refractivity contribution in [2.45, 2.75) is 19.4 Å². The molecule has 0 amide bonds. The van der Waals surface area contributed by atoms with Crippen LogP contribution in [0.15, 0.2) is 18.2 Å². The van der Waals surface area contributed by atoms with E-state index in [0.717, 1.165) is 0 Å². The average Bonchev–Trinajstić information content (AvgIpc) is 2.17. The fourth-order valence-electron chi connectivity index (χ4n) is 1.30. The molecule has 0 atom stereocenters. The predicted octanol–water partition coefficient (Wildman–Crippen LogP) is 2.70. The van der Waals surface area contributed by atoms with Gasteiger partial charge in [0.2, 0.25) is 0 Å². The number of nitro benzene ring substituents is 1. The van der Waals surface area contributed by atoms with E-state index in [2.05, 4.69) is 5.32 Å². The highest BCUT2D eigenvalue weighted by atomic mass is 35.5.